The number of rotatable bonds is 10. The van der Waals surface area contributed by atoms with Crippen molar-refractivity contribution in [1.29, 1.82) is 0 Å². The third-order valence-electron chi connectivity index (χ3n) is 7.78. The van der Waals surface area contributed by atoms with E-state index in [4.69, 9.17) is 4.43 Å². The van der Waals surface area contributed by atoms with Gasteiger partial charge in [-0.2, -0.15) is 0 Å². The molecule has 2 aliphatic rings. The molecule has 0 aromatic rings. The highest BCUT2D eigenvalue weighted by Crippen LogP contribution is 2.42. The molecule has 3 atom stereocenters. The highest BCUT2D eigenvalue weighted by Gasteiger charge is 2.45. The summed E-state index contributed by atoms with van der Waals surface area (Å²) in [5.74, 6) is 0.636. The summed E-state index contributed by atoms with van der Waals surface area (Å²) >= 11 is 0. The van der Waals surface area contributed by atoms with Gasteiger partial charge in [0.05, 0.1) is 12.0 Å². The average Bonchev–Trinajstić information content (AvgIpc) is 3.04. The molecule has 2 rings (SSSR count). The van der Waals surface area contributed by atoms with E-state index in [-0.39, 0.29) is 17.6 Å². The highest BCUT2D eigenvalue weighted by molar-refractivity contribution is 6.77. The van der Waals surface area contributed by atoms with Gasteiger partial charge in [-0.15, -0.1) is 0 Å². The topological polar surface area (TPSA) is 46.5 Å². The second-order valence-corrected chi connectivity index (χ2v) is 15.9. The van der Waals surface area contributed by atoms with Crippen LogP contribution in [0.25, 0.3) is 0 Å². The molecule has 0 aromatic carbocycles. The number of carbonyl (C=O) groups excluding carboxylic acids is 1. The number of aliphatic hydroxyl groups is 1. The first-order valence-corrected chi connectivity index (χ1v) is 14.4. The van der Waals surface area contributed by atoms with Crippen LogP contribution in [0, 0.1) is 17.8 Å². The quantitative estimate of drug-likeness (QED) is 0.243. The molecular weight excluding hydrogens is 376 g/mol. The minimum absolute atomic E-state index is 0.175. The summed E-state index contributed by atoms with van der Waals surface area (Å²) in [6, 6.07) is 0. The van der Waals surface area contributed by atoms with Crippen LogP contribution < -0.4 is 0 Å². The summed E-state index contributed by atoms with van der Waals surface area (Å²) in [5, 5.41) is 10.9. The van der Waals surface area contributed by atoms with Crippen molar-refractivity contribution in [2.75, 3.05) is 6.61 Å². The van der Waals surface area contributed by atoms with Crippen molar-refractivity contribution < 1.29 is 14.3 Å². The largest absolute Gasteiger partial charge is 0.416 e. The number of hydrogen-bond donors (Lipinski definition) is 1. The molecule has 2 aliphatic carbocycles. The van der Waals surface area contributed by atoms with Crippen LogP contribution in [0.3, 0.4) is 0 Å². The van der Waals surface area contributed by atoms with E-state index in [2.05, 4.69) is 53.7 Å². The first kappa shape index (κ1) is 24.8. The number of allylic oxidation sites excluding steroid dienone is 1. The molecule has 0 saturated heterocycles. The lowest BCUT2D eigenvalue weighted by Gasteiger charge is -2.42. The number of ketones is 1. The van der Waals surface area contributed by atoms with Crippen molar-refractivity contribution in [2.45, 2.75) is 116 Å². The molecule has 168 valence electrons. The predicted octanol–water partition coefficient (Wildman–Crippen LogP) is 6.66. The van der Waals surface area contributed by atoms with Crippen molar-refractivity contribution in [3.05, 3.63) is 12.2 Å². The van der Waals surface area contributed by atoms with Crippen molar-refractivity contribution in [1.82, 2.24) is 0 Å². The van der Waals surface area contributed by atoms with Gasteiger partial charge < -0.3 is 9.53 Å². The summed E-state index contributed by atoms with van der Waals surface area (Å²) in [6.45, 7) is 14.7. The average molecular weight is 423 g/mol. The molecule has 2 saturated carbocycles. The van der Waals surface area contributed by atoms with Gasteiger partial charge >= 0.3 is 0 Å². The minimum atomic E-state index is -1.80. The first-order valence-electron chi connectivity index (χ1n) is 12.2. The van der Waals surface area contributed by atoms with Gasteiger partial charge in [-0.3, -0.25) is 4.79 Å². The van der Waals surface area contributed by atoms with Gasteiger partial charge in [0, 0.05) is 13.0 Å². The first-order chi connectivity index (χ1) is 13.7. The van der Waals surface area contributed by atoms with Crippen LogP contribution >= 0.6 is 0 Å². The van der Waals surface area contributed by atoms with Crippen LogP contribution in [0.15, 0.2) is 12.2 Å². The van der Waals surface area contributed by atoms with Gasteiger partial charge in [0.25, 0.3) is 0 Å². The monoisotopic (exact) mass is 422 g/mol. The van der Waals surface area contributed by atoms with Crippen molar-refractivity contribution >= 4 is 14.1 Å². The van der Waals surface area contributed by atoms with Crippen LogP contribution in [-0.4, -0.2) is 31.9 Å². The number of aliphatic hydroxyl groups excluding tert-OH is 1. The van der Waals surface area contributed by atoms with Crippen LogP contribution in [0.4, 0.5) is 0 Å². The van der Waals surface area contributed by atoms with Gasteiger partial charge in [0.1, 0.15) is 5.78 Å². The van der Waals surface area contributed by atoms with E-state index in [1.54, 1.807) is 0 Å². The van der Waals surface area contributed by atoms with Gasteiger partial charge in [-0.1, -0.05) is 73.0 Å². The molecule has 1 N–H and O–H groups in total. The van der Waals surface area contributed by atoms with Crippen molar-refractivity contribution in [3.8, 4) is 0 Å². The molecule has 0 amide bonds. The number of carbonyl (C=O) groups is 1. The zero-order valence-corrected chi connectivity index (χ0v) is 20.8. The SMILES string of the molecule is CC(C)[Si](OCC/C=C\[C@@H]1CCC(=O)[C@@H]1[C@@H](O)C1CCCCC1)(C(C)C)C(C)C. The van der Waals surface area contributed by atoms with Gasteiger partial charge in [-0.25, -0.2) is 0 Å². The Morgan fingerprint density at radius 1 is 1.00 bits per heavy atom. The smallest absolute Gasteiger partial charge is 0.200 e. The Hall–Kier alpha value is -0.453. The Labute approximate surface area is 180 Å². The Morgan fingerprint density at radius 3 is 2.14 bits per heavy atom. The summed E-state index contributed by atoms with van der Waals surface area (Å²) in [7, 11) is -1.80. The fourth-order valence-corrected chi connectivity index (χ4v) is 11.9. The van der Waals surface area contributed by atoms with Gasteiger partial charge in [0.15, 0.2) is 8.32 Å². The zero-order chi connectivity index (χ0) is 21.6. The minimum Gasteiger partial charge on any atom is -0.416 e. The van der Waals surface area contributed by atoms with Crippen LogP contribution in [0.2, 0.25) is 16.6 Å². The third-order valence-corrected chi connectivity index (χ3v) is 13.9. The normalized spacial score (nSPS) is 25.8. The van der Waals surface area contributed by atoms with Gasteiger partial charge in [0.2, 0.25) is 0 Å². The van der Waals surface area contributed by atoms with E-state index in [9.17, 15) is 9.90 Å². The van der Waals surface area contributed by atoms with Crippen LogP contribution in [-0.2, 0) is 9.22 Å². The predicted molar refractivity (Wildman–Crippen MR) is 125 cm³/mol. The summed E-state index contributed by atoms with van der Waals surface area (Å²) in [6.07, 6.45) is 12.3. The van der Waals surface area contributed by atoms with E-state index < -0.39 is 14.4 Å². The standard InChI is InChI=1S/C25H46O3Si/c1-18(2)29(19(3)4,20(5)6)28-17-11-10-12-21-15-16-23(26)24(21)25(27)22-13-8-7-9-14-22/h10,12,18-22,24-25,27H,7-9,11,13-17H2,1-6H3/b12-10-/t21-,24-,25+/m1/s1. The van der Waals surface area contributed by atoms with Crippen LogP contribution in [0.1, 0.15) is 92.9 Å². The van der Waals surface area contributed by atoms with E-state index in [0.29, 0.717) is 29.0 Å². The summed E-state index contributed by atoms with van der Waals surface area (Å²) in [5.41, 5.74) is 1.82. The third kappa shape index (κ3) is 5.83. The summed E-state index contributed by atoms with van der Waals surface area (Å²) in [4.78, 5) is 12.5. The Kier molecular flexibility index (Phi) is 9.62. The second-order valence-electron chi connectivity index (χ2n) is 10.5. The van der Waals surface area contributed by atoms with Crippen molar-refractivity contribution in [2.24, 2.45) is 17.8 Å². The van der Waals surface area contributed by atoms with Crippen LogP contribution in [0.5, 0.6) is 0 Å². The molecule has 0 aliphatic heterocycles. The van der Waals surface area contributed by atoms with Crippen molar-refractivity contribution in [3.63, 3.8) is 0 Å². The maximum absolute atomic E-state index is 12.5. The second kappa shape index (κ2) is 11.2. The molecule has 0 heterocycles. The zero-order valence-electron chi connectivity index (χ0n) is 19.8. The van der Waals surface area contributed by atoms with E-state index >= 15 is 0 Å². The Balaban J connectivity index is 1.92. The molecule has 0 aromatic heterocycles. The molecule has 2 fully saturated rings. The molecule has 3 nitrogen and oxygen atoms in total. The summed E-state index contributed by atoms with van der Waals surface area (Å²) < 4.78 is 6.64. The lowest BCUT2D eigenvalue weighted by atomic mass is 9.77. The number of hydrogen-bond acceptors (Lipinski definition) is 3. The van der Waals surface area contributed by atoms with Gasteiger partial charge in [-0.05, 0) is 54.1 Å². The molecule has 0 spiro atoms. The molecule has 29 heavy (non-hydrogen) atoms. The van der Waals surface area contributed by atoms with E-state index in [1.165, 1.54) is 19.3 Å². The molecular formula is C25H46O3Si. The van der Waals surface area contributed by atoms with E-state index in [1.807, 2.05) is 0 Å². The lowest BCUT2D eigenvalue weighted by molar-refractivity contribution is -0.126. The van der Waals surface area contributed by atoms with E-state index in [0.717, 1.165) is 32.3 Å². The molecule has 0 radical (unpaired) electrons. The maximum atomic E-state index is 12.5. The molecule has 0 unspecified atom stereocenters. The lowest BCUT2D eigenvalue weighted by Crippen LogP contribution is -2.47. The Bertz CT molecular complexity index is 512. The highest BCUT2D eigenvalue weighted by atomic mass is 28.4. The maximum Gasteiger partial charge on any atom is 0.200 e. The fourth-order valence-electron chi connectivity index (χ4n) is 6.40. The molecule has 0 bridgehead atoms. The Morgan fingerprint density at radius 2 is 1.59 bits per heavy atom. The number of Topliss-reactive ketones (excluding diaryl/α,β-unsaturated/α-hetero) is 1. The fraction of sp³-hybridized carbons (Fsp3) is 0.880. The molecule has 4 heteroatoms.